The summed E-state index contributed by atoms with van der Waals surface area (Å²) < 4.78 is 0. The zero-order chi connectivity index (χ0) is 18.9. The summed E-state index contributed by atoms with van der Waals surface area (Å²) in [5.41, 5.74) is 1.82. The summed E-state index contributed by atoms with van der Waals surface area (Å²) in [7, 11) is 0. The molecule has 0 fully saturated rings. The first kappa shape index (κ1) is 20.3. The van der Waals surface area contributed by atoms with Gasteiger partial charge in [-0.15, -0.1) is 0 Å². The van der Waals surface area contributed by atoms with Gasteiger partial charge in [-0.3, -0.25) is 14.9 Å². The Balaban J connectivity index is 1.68. The molecular weight excluding hydrogens is 395 g/mol. The van der Waals surface area contributed by atoms with Gasteiger partial charge in [0.1, 0.15) is 0 Å². The van der Waals surface area contributed by atoms with Crippen LogP contribution in [-0.4, -0.2) is 23.1 Å². The fraction of sp³-hybridized carbons (Fsp3) is 0.167. The molecule has 0 radical (unpaired) electrons. The van der Waals surface area contributed by atoms with Gasteiger partial charge in [-0.05, 0) is 41.5 Å². The molecule has 5 nitrogen and oxygen atoms in total. The Hall–Kier alpha value is -2.02. The van der Waals surface area contributed by atoms with E-state index in [2.05, 4.69) is 5.32 Å². The first-order valence-electron chi connectivity index (χ1n) is 7.68. The molecule has 1 N–H and O–H groups in total. The van der Waals surface area contributed by atoms with Crippen LogP contribution in [0, 0.1) is 10.1 Å². The van der Waals surface area contributed by atoms with E-state index in [1.54, 1.807) is 36.0 Å². The van der Waals surface area contributed by atoms with Crippen molar-refractivity contribution >= 4 is 52.6 Å². The van der Waals surface area contributed by atoms with Crippen molar-refractivity contribution in [3.63, 3.8) is 0 Å². The number of hydrogen-bond acceptors (Lipinski definition) is 4. The van der Waals surface area contributed by atoms with Crippen LogP contribution in [-0.2, 0) is 10.5 Å². The van der Waals surface area contributed by atoms with E-state index in [-0.39, 0.29) is 11.6 Å². The van der Waals surface area contributed by atoms with Crippen molar-refractivity contribution in [2.75, 3.05) is 12.3 Å². The Labute approximate surface area is 165 Å². The zero-order valence-electron chi connectivity index (χ0n) is 13.7. The molecule has 0 atom stereocenters. The molecule has 0 aliphatic heterocycles. The predicted octanol–water partition coefficient (Wildman–Crippen LogP) is 4.96. The zero-order valence-corrected chi connectivity index (χ0v) is 16.0. The summed E-state index contributed by atoms with van der Waals surface area (Å²) in [6, 6.07) is 11.5. The third-order valence-electron chi connectivity index (χ3n) is 3.33. The summed E-state index contributed by atoms with van der Waals surface area (Å²) in [4.78, 5) is 21.9. The maximum atomic E-state index is 11.8. The molecule has 0 saturated carbocycles. The van der Waals surface area contributed by atoms with Crippen molar-refractivity contribution in [1.82, 2.24) is 5.32 Å². The highest BCUT2D eigenvalue weighted by molar-refractivity contribution is 7.98. The lowest BCUT2D eigenvalue weighted by Gasteiger charge is -2.04. The van der Waals surface area contributed by atoms with Crippen LogP contribution in [0.2, 0.25) is 10.0 Å². The number of hydrogen-bond donors (Lipinski definition) is 1. The van der Waals surface area contributed by atoms with E-state index < -0.39 is 4.92 Å². The number of non-ortho nitro benzene ring substituents is 1. The molecule has 1 amide bonds. The fourth-order valence-corrected chi connectivity index (χ4v) is 3.13. The minimum Gasteiger partial charge on any atom is -0.352 e. The quantitative estimate of drug-likeness (QED) is 0.288. The molecule has 0 aliphatic carbocycles. The number of carbonyl (C=O) groups excluding carboxylic acids is 1. The van der Waals surface area contributed by atoms with E-state index in [0.29, 0.717) is 16.6 Å². The Morgan fingerprint density at radius 3 is 2.54 bits per heavy atom. The molecule has 0 heterocycles. The van der Waals surface area contributed by atoms with Crippen molar-refractivity contribution in [1.29, 1.82) is 0 Å². The van der Waals surface area contributed by atoms with Crippen LogP contribution in [0.1, 0.15) is 11.1 Å². The summed E-state index contributed by atoms with van der Waals surface area (Å²) in [6.45, 7) is 0.537. The van der Waals surface area contributed by atoms with E-state index in [1.807, 2.05) is 12.1 Å². The average Bonchev–Trinajstić information content (AvgIpc) is 2.63. The van der Waals surface area contributed by atoms with Crippen LogP contribution in [0.15, 0.2) is 48.5 Å². The Kier molecular flexibility index (Phi) is 7.97. The number of nitro benzene ring substituents is 1. The lowest BCUT2D eigenvalue weighted by atomic mass is 10.2. The minimum absolute atomic E-state index is 0.0191. The highest BCUT2D eigenvalue weighted by atomic mass is 35.5. The van der Waals surface area contributed by atoms with E-state index in [0.717, 1.165) is 22.6 Å². The largest absolute Gasteiger partial charge is 0.352 e. The van der Waals surface area contributed by atoms with Gasteiger partial charge in [0.2, 0.25) is 5.91 Å². The van der Waals surface area contributed by atoms with E-state index >= 15 is 0 Å². The predicted molar refractivity (Wildman–Crippen MR) is 108 cm³/mol. The molecule has 2 rings (SSSR count). The van der Waals surface area contributed by atoms with Gasteiger partial charge in [-0.25, -0.2) is 0 Å². The molecule has 0 aromatic heterocycles. The molecule has 26 heavy (non-hydrogen) atoms. The van der Waals surface area contributed by atoms with Crippen LogP contribution in [0.25, 0.3) is 6.08 Å². The van der Waals surface area contributed by atoms with Crippen LogP contribution in [0.4, 0.5) is 5.69 Å². The number of nitro groups is 1. The fourth-order valence-electron chi connectivity index (χ4n) is 2.00. The molecule has 0 spiro atoms. The van der Waals surface area contributed by atoms with E-state index in [4.69, 9.17) is 23.2 Å². The first-order chi connectivity index (χ1) is 12.5. The standard InChI is InChI=1S/C18H16Cl2N2O3S/c19-16-7-3-14(11-17(16)20)12-26-10-9-21-18(23)8-4-13-1-5-15(6-2-13)22(24)25/h1-8,11H,9-10,12H2,(H,21,23)/b8-4+. The highest BCUT2D eigenvalue weighted by Crippen LogP contribution is 2.24. The van der Waals surface area contributed by atoms with Crippen molar-refractivity contribution in [3.05, 3.63) is 79.8 Å². The van der Waals surface area contributed by atoms with Gasteiger partial charge in [-0.1, -0.05) is 29.3 Å². The smallest absolute Gasteiger partial charge is 0.269 e. The summed E-state index contributed by atoms with van der Waals surface area (Å²) in [5.74, 6) is 1.33. The maximum absolute atomic E-state index is 11.8. The lowest BCUT2D eigenvalue weighted by Crippen LogP contribution is -2.23. The minimum atomic E-state index is -0.462. The lowest BCUT2D eigenvalue weighted by molar-refractivity contribution is -0.384. The molecule has 0 unspecified atom stereocenters. The number of nitrogens with zero attached hydrogens (tertiary/aromatic N) is 1. The molecule has 0 saturated heterocycles. The van der Waals surface area contributed by atoms with Crippen LogP contribution >= 0.6 is 35.0 Å². The topological polar surface area (TPSA) is 72.2 Å². The maximum Gasteiger partial charge on any atom is 0.269 e. The summed E-state index contributed by atoms with van der Waals surface area (Å²) >= 11 is 13.5. The normalized spacial score (nSPS) is 10.8. The molecule has 2 aromatic carbocycles. The van der Waals surface area contributed by atoms with Gasteiger partial charge in [0.25, 0.3) is 5.69 Å². The summed E-state index contributed by atoms with van der Waals surface area (Å²) in [6.07, 6.45) is 3.02. The SMILES string of the molecule is O=C(/C=C/c1ccc([N+](=O)[O-])cc1)NCCSCc1ccc(Cl)c(Cl)c1. The highest BCUT2D eigenvalue weighted by Gasteiger charge is 2.03. The van der Waals surface area contributed by atoms with E-state index in [9.17, 15) is 14.9 Å². The van der Waals surface area contributed by atoms with Crippen LogP contribution < -0.4 is 5.32 Å². The molecule has 2 aromatic rings. The second-order valence-electron chi connectivity index (χ2n) is 5.27. The number of carbonyl (C=O) groups is 1. The Morgan fingerprint density at radius 1 is 1.15 bits per heavy atom. The van der Waals surface area contributed by atoms with Crippen molar-refractivity contribution in [2.24, 2.45) is 0 Å². The molecule has 136 valence electrons. The molecule has 0 aliphatic rings. The Morgan fingerprint density at radius 2 is 1.88 bits per heavy atom. The van der Waals surface area contributed by atoms with Crippen molar-refractivity contribution in [3.8, 4) is 0 Å². The third kappa shape index (κ3) is 6.71. The summed E-state index contributed by atoms with van der Waals surface area (Å²) in [5, 5.41) is 14.4. The number of thioether (sulfide) groups is 1. The van der Waals surface area contributed by atoms with Crippen molar-refractivity contribution < 1.29 is 9.72 Å². The van der Waals surface area contributed by atoms with Crippen LogP contribution in [0.5, 0.6) is 0 Å². The third-order valence-corrected chi connectivity index (χ3v) is 5.10. The molecule has 0 bridgehead atoms. The molecular formula is C18H16Cl2N2O3S. The van der Waals surface area contributed by atoms with Crippen LogP contribution in [0.3, 0.4) is 0 Å². The second-order valence-corrected chi connectivity index (χ2v) is 7.19. The van der Waals surface area contributed by atoms with Gasteiger partial charge < -0.3 is 5.32 Å². The average molecular weight is 411 g/mol. The van der Waals surface area contributed by atoms with Gasteiger partial charge in [0.15, 0.2) is 0 Å². The van der Waals surface area contributed by atoms with Crippen molar-refractivity contribution in [2.45, 2.75) is 5.75 Å². The number of amides is 1. The molecule has 8 heteroatoms. The monoisotopic (exact) mass is 410 g/mol. The number of nitrogens with one attached hydrogen (secondary N) is 1. The van der Waals surface area contributed by atoms with E-state index in [1.165, 1.54) is 18.2 Å². The van der Waals surface area contributed by atoms with Gasteiger partial charge in [0, 0.05) is 36.3 Å². The first-order valence-corrected chi connectivity index (χ1v) is 9.59. The number of halogens is 2. The van der Waals surface area contributed by atoms with Gasteiger partial charge >= 0.3 is 0 Å². The Bertz CT molecular complexity index is 811. The van der Waals surface area contributed by atoms with Gasteiger partial charge in [-0.2, -0.15) is 11.8 Å². The van der Waals surface area contributed by atoms with Gasteiger partial charge in [0.05, 0.1) is 15.0 Å². The number of benzene rings is 2. The second kappa shape index (κ2) is 10.2. The number of rotatable bonds is 8.